The van der Waals surface area contributed by atoms with Gasteiger partial charge in [-0.15, -0.1) is 11.6 Å². The lowest BCUT2D eigenvalue weighted by atomic mass is 9.96. The summed E-state index contributed by atoms with van der Waals surface area (Å²) in [5, 5.41) is -0.428. The summed E-state index contributed by atoms with van der Waals surface area (Å²) in [5.41, 5.74) is 4.88. The van der Waals surface area contributed by atoms with Gasteiger partial charge in [0.05, 0.1) is 0 Å². The highest BCUT2D eigenvalue weighted by Crippen LogP contribution is 2.29. The summed E-state index contributed by atoms with van der Waals surface area (Å²) >= 11 is 5.56. The summed E-state index contributed by atoms with van der Waals surface area (Å²) in [6.07, 6.45) is 0.963. The Morgan fingerprint density at radius 3 is 2.41 bits per heavy atom. The van der Waals surface area contributed by atoms with Gasteiger partial charge in [-0.05, 0) is 35.2 Å². The molecule has 0 aliphatic carbocycles. The minimum atomic E-state index is -3.46. The van der Waals surface area contributed by atoms with Crippen LogP contribution in [-0.4, -0.2) is 45.7 Å². The fourth-order valence-electron chi connectivity index (χ4n) is 3.48. The summed E-state index contributed by atoms with van der Waals surface area (Å²) in [6.45, 7) is 2.00. The van der Waals surface area contributed by atoms with Crippen molar-refractivity contribution < 1.29 is 8.42 Å². The predicted molar refractivity (Wildman–Crippen MR) is 112 cm³/mol. The zero-order valence-electron chi connectivity index (χ0n) is 15.7. The first-order chi connectivity index (χ1) is 12.9. The minimum Gasteiger partial charge on any atom is -0.378 e. The molecule has 27 heavy (non-hydrogen) atoms. The number of hydrogen-bond acceptors (Lipinski definition) is 4. The van der Waals surface area contributed by atoms with Crippen LogP contribution in [0.2, 0.25) is 0 Å². The van der Waals surface area contributed by atoms with Crippen LogP contribution in [0.4, 0.5) is 5.69 Å². The third-order valence-electron chi connectivity index (χ3n) is 5.04. The molecule has 1 aliphatic heterocycles. The maximum absolute atomic E-state index is 11.9. The molecule has 146 valence electrons. The van der Waals surface area contributed by atoms with Crippen LogP contribution >= 0.6 is 11.6 Å². The third-order valence-corrected chi connectivity index (χ3v) is 6.79. The topological polar surface area (TPSA) is 52.7 Å². The second-order valence-corrected chi connectivity index (χ2v) is 9.45. The van der Waals surface area contributed by atoms with Gasteiger partial charge in [0.15, 0.2) is 0 Å². The third kappa shape index (κ3) is 5.02. The number of sulfonamides is 1. The second-order valence-electron chi connectivity index (χ2n) is 7.06. The van der Waals surface area contributed by atoms with E-state index in [0.29, 0.717) is 6.54 Å². The molecule has 0 fully saturated rings. The molecule has 0 radical (unpaired) electrons. The fourth-order valence-corrected chi connectivity index (χ4v) is 4.20. The molecule has 1 unspecified atom stereocenters. The molecule has 1 aliphatic rings. The predicted octanol–water partition coefficient (Wildman–Crippen LogP) is 2.97. The van der Waals surface area contributed by atoms with Crippen LogP contribution in [0.1, 0.15) is 22.7 Å². The highest BCUT2D eigenvalue weighted by molar-refractivity contribution is 7.90. The smallest absolute Gasteiger partial charge is 0.225 e. The highest BCUT2D eigenvalue weighted by atomic mass is 35.5. The van der Waals surface area contributed by atoms with E-state index < -0.39 is 15.2 Å². The first-order valence-electron chi connectivity index (χ1n) is 9.01. The van der Waals surface area contributed by atoms with E-state index in [4.69, 9.17) is 11.6 Å². The van der Waals surface area contributed by atoms with Crippen molar-refractivity contribution in [3.63, 3.8) is 0 Å². The molecule has 7 heteroatoms. The van der Waals surface area contributed by atoms with E-state index in [9.17, 15) is 8.42 Å². The van der Waals surface area contributed by atoms with E-state index >= 15 is 0 Å². The van der Waals surface area contributed by atoms with E-state index in [1.54, 1.807) is 0 Å². The largest absolute Gasteiger partial charge is 0.378 e. The average Bonchev–Trinajstić information content (AvgIpc) is 2.68. The van der Waals surface area contributed by atoms with Crippen molar-refractivity contribution >= 4 is 27.3 Å². The van der Waals surface area contributed by atoms with Gasteiger partial charge in [-0.25, -0.2) is 13.1 Å². The molecule has 0 saturated heterocycles. The Labute approximate surface area is 167 Å². The van der Waals surface area contributed by atoms with Crippen LogP contribution in [0.15, 0.2) is 48.5 Å². The van der Waals surface area contributed by atoms with E-state index in [0.717, 1.165) is 30.8 Å². The summed E-state index contributed by atoms with van der Waals surface area (Å²) in [5.74, 6) is 0. The Hall–Kier alpha value is -1.60. The highest BCUT2D eigenvalue weighted by Gasteiger charge is 2.26. The van der Waals surface area contributed by atoms with Crippen LogP contribution in [0.5, 0.6) is 0 Å². The number of alkyl halides is 1. The molecule has 2 aromatic rings. The van der Waals surface area contributed by atoms with E-state index in [2.05, 4.69) is 58.2 Å². The van der Waals surface area contributed by atoms with Gasteiger partial charge in [-0.1, -0.05) is 36.4 Å². The van der Waals surface area contributed by atoms with Crippen LogP contribution in [0.3, 0.4) is 0 Å². The van der Waals surface area contributed by atoms with Crippen molar-refractivity contribution in [2.45, 2.75) is 19.0 Å². The first-order valence-corrected chi connectivity index (χ1v) is 11.2. The quantitative estimate of drug-likeness (QED) is 0.717. The zero-order chi connectivity index (χ0) is 19.4. The molecular weight excluding hydrogens is 382 g/mol. The van der Waals surface area contributed by atoms with Gasteiger partial charge in [0, 0.05) is 45.5 Å². The number of halogens is 1. The summed E-state index contributed by atoms with van der Waals surface area (Å²) < 4.78 is 26.4. The van der Waals surface area contributed by atoms with E-state index in [1.165, 1.54) is 11.1 Å². The molecule has 1 atom stereocenters. The normalized spacial score (nSPS) is 16.0. The van der Waals surface area contributed by atoms with Crippen molar-refractivity contribution in [1.82, 2.24) is 9.62 Å². The van der Waals surface area contributed by atoms with Gasteiger partial charge < -0.3 is 4.90 Å². The molecule has 0 bridgehead atoms. The van der Waals surface area contributed by atoms with Gasteiger partial charge in [0.1, 0.15) is 5.21 Å². The molecule has 0 aromatic heterocycles. The molecule has 0 spiro atoms. The lowest BCUT2D eigenvalue weighted by Crippen LogP contribution is -2.40. The number of nitrogens with zero attached hydrogens (tertiary/aromatic N) is 2. The summed E-state index contributed by atoms with van der Waals surface area (Å²) in [6, 6.07) is 16.7. The maximum Gasteiger partial charge on any atom is 0.225 e. The molecule has 2 aromatic carbocycles. The molecule has 0 saturated carbocycles. The van der Waals surface area contributed by atoms with Gasteiger partial charge >= 0.3 is 0 Å². The molecule has 0 amide bonds. The van der Waals surface area contributed by atoms with Gasteiger partial charge in [0.25, 0.3) is 0 Å². The Kier molecular flexibility index (Phi) is 6.42. The molecule has 5 nitrogen and oxygen atoms in total. The van der Waals surface area contributed by atoms with Crippen LogP contribution in [0, 0.1) is 0 Å². The number of fused-ring (bicyclic) bond motifs is 1. The first kappa shape index (κ1) is 20.1. The Morgan fingerprint density at radius 1 is 1.11 bits per heavy atom. The van der Waals surface area contributed by atoms with E-state index in [-0.39, 0.29) is 6.04 Å². The second kappa shape index (κ2) is 8.61. The standard InChI is InChI=1S/C20H26ClN3O2S/c1-23(2)19-9-7-17(8-10-19)20(13-22-27(25,26)15-21)24-12-11-16-5-3-4-6-18(16)14-24/h3-10,20,22H,11-15H2,1-2H3. The molecule has 1 N–H and O–H groups in total. The molecule has 3 rings (SSSR count). The van der Waals surface area contributed by atoms with Crippen molar-refractivity contribution in [3.05, 3.63) is 65.2 Å². The molecular formula is C20H26ClN3O2S. The number of nitrogens with one attached hydrogen (secondary N) is 1. The maximum atomic E-state index is 11.9. The van der Waals surface area contributed by atoms with Crippen molar-refractivity contribution in [1.29, 1.82) is 0 Å². The monoisotopic (exact) mass is 407 g/mol. The van der Waals surface area contributed by atoms with Crippen LogP contribution in [-0.2, 0) is 23.0 Å². The SMILES string of the molecule is CN(C)c1ccc(C(CNS(=O)(=O)CCl)N2CCc3ccccc3C2)cc1. The van der Waals surface area contributed by atoms with E-state index in [1.807, 2.05) is 19.0 Å². The van der Waals surface area contributed by atoms with Crippen molar-refractivity contribution in [2.24, 2.45) is 0 Å². The van der Waals surface area contributed by atoms with Crippen molar-refractivity contribution in [2.75, 3.05) is 37.3 Å². The van der Waals surface area contributed by atoms with Gasteiger partial charge in [0.2, 0.25) is 10.0 Å². The van der Waals surface area contributed by atoms with Crippen LogP contribution in [0.25, 0.3) is 0 Å². The Bertz CT molecular complexity index is 869. The zero-order valence-corrected chi connectivity index (χ0v) is 17.3. The van der Waals surface area contributed by atoms with Gasteiger partial charge in [-0.2, -0.15) is 0 Å². The summed E-state index contributed by atoms with van der Waals surface area (Å²) in [4.78, 5) is 4.38. The average molecular weight is 408 g/mol. The van der Waals surface area contributed by atoms with Gasteiger partial charge in [-0.3, -0.25) is 4.90 Å². The lowest BCUT2D eigenvalue weighted by Gasteiger charge is -2.36. The number of anilines is 1. The minimum absolute atomic E-state index is 0.0486. The van der Waals surface area contributed by atoms with Crippen molar-refractivity contribution in [3.8, 4) is 0 Å². The Balaban J connectivity index is 1.85. The number of hydrogen-bond donors (Lipinski definition) is 1. The number of rotatable bonds is 7. The Morgan fingerprint density at radius 2 is 1.78 bits per heavy atom. The lowest BCUT2D eigenvalue weighted by molar-refractivity contribution is 0.180. The number of benzene rings is 2. The fraction of sp³-hybridized carbons (Fsp3) is 0.400. The van der Waals surface area contributed by atoms with Crippen LogP contribution < -0.4 is 9.62 Å². The molecule has 1 heterocycles. The summed E-state index contributed by atoms with van der Waals surface area (Å²) in [7, 11) is 0.542.